The van der Waals surface area contributed by atoms with E-state index >= 15 is 0 Å². The molecule has 0 amide bonds. The smallest absolute Gasteiger partial charge is 0.336 e. The molecule has 0 aromatic rings. The van der Waals surface area contributed by atoms with E-state index in [0.717, 1.165) is 5.57 Å². The van der Waals surface area contributed by atoms with Crippen LogP contribution in [0, 0.1) is 5.92 Å². The summed E-state index contributed by atoms with van der Waals surface area (Å²) in [5.41, 5.74) is 1.67. The number of carbonyl (C=O) groups is 3. The monoisotopic (exact) mass is 420 g/mol. The van der Waals surface area contributed by atoms with Gasteiger partial charge in [-0.1, -0.05) is 18.2 Å². The van der Waals surface area contributed by atoms with Gasteiger partial charge in [-0.2, -0.15) is 0 Å². The molecule has 1 fully saturated rings. The highest BCUT2D eigenvalue weighted by molar-refractivity contribution is 5.92. The van der Waals surface area contributed by atoms with Crippen molar-refractivity contribution in [2.45, 2.75) is 51.9 Å². The van der Waals surface area contributed by atoms with Gasteiger partial charge < -0.3 is 24.4 Å². The molecule has 30 heavy (non-hydrogen) atoms. The zero-order valence-electron chi connectivity index (χ0n) is 17.4. The minimum absolute atomic E-state index is 0.0784. The van der Waals surface area contributed by atoms with Crippen LogP contribution in [-0.2, 0) is 28.6 Å². The Labute approximate surface area is 175 Å². The third-order valence-electron chi connectivity index (χ3n) is 5.14. The van der Waals surface area contributed by atoms with Gasteiger partial charge in [0, 0.05) is 25.3 Å². The summed E-state index contributed by atoms with van der Waals surface area (Å²) in [6, 6.07) is 0. The topological polar surface area (TPSA) is 119 Å². The Bertz CT molecular complexity index is 804. The predicted octanol–water partition coefficient (Wildman–Crippen LogP) is 1.53. The van der Waals surface area contributed by atoms with E-state index in [4.69, 9.17) is 19.3 Å². The Morgan fingerprint density at radius 3 is 2.60 bits per heavy atom. The van der Waals surface area contributed by atoms with E-state index in [2.05, 4.69) is 6.58 Å². The average molecular weight is 420 g/mol. The van der Waals surface area contributed by atoms with E-state index in [1.165, 1.54) is 13.0 Å². The van der Waals surface area contributed by atoms with Gasteiger partial charge in [-0.3, -0.25) is 4.79 Å². The van der Waals surface area contributed by atoms with Gasteiger partial charge in [0.25, 0.3) is 0 Å². The molecule has 0 spiro atoms. The minimum Gasteiger partial charge on any atom is -0.458 e. The lowest BCUT2D eigenvalue weighted by molar-refractivity contribution is -0.148. The molecule has 1 saturated heterocycles. The molecular formula is C22H28O8. The van der Waals surface area contributed by atoms with Gasteiger partial charge in [-0.15, -0.1) is 0 Å². The number of ether oxygens (including phenoxy) is 3. The predicted molar refractivity (Wildman–Crippen MR) is 107 cm³/mol. The first-order chi connectivity index (χ1) is 14.2. The van der Waals surface area contributed by atoms with E-state index in [0.29, 0.717) is 18.4 Å². The van der Waals surface area contributed by atoms with Crippen molar-refractivity contribution >= 4 is 17.9 Å². The number of aliphatic hydroxyl groups excluding tert-OH is 2. The molecule has 1 heterocycles. The highest BCUT2D eigenvalue weighted by Gasteiger charge is 2.45. The summed E-state index contributed by atoms with van der Waals surface area (Å²) in [5.74, 6) is -2.44. The van der Waals surface area contributed by atoms with E-state index in [9.17, 15) is 19.5 Å². The van der Waals surface area contributed by atoms with Gasteiger partial charge in [-0.25, -0.2) is 9.59 Å². The largest absolute Gasteiger partial charge is 0.458 e. The Morgan fingerprint density at radius 1 is 1.30 bits per heavy atom. The number of hydrogen-bond acceptors (Lipinski definition) is 8. The molecule has 2 N–H and O–H groups in total. The van der Waals surface area contributed by atoms with Crippen molar-refractivity contribution in [3.63, 3.8) is 0 Å². The maximum Gasteiger partial charge on any atom is 0.336 e. The third-order valence-corrected chi connectivity index (χ3v) is 5.14. The SMILES string of the molecule is C=C1C(=O)O[C@H]2C=C(C)C(OC(C)=O)CC=C(C)CC(OC(=O)C(=CCO)CO)[C@H]12. The van der Waals surface area contributed by atoms with Crippen molar-refractivity contribution in [2.24, 2.45) is 5.92 Å². The number of fused-ring (bicyclic) bond motifs is 1. The Hall–Kier alpha value is -2.71. The fraction of sp³-hybridized carbons (Fsp3) is 0.500. The summed E-state index contributed by atoms with van der Waals surface area (Å²) in [7, 11) is 0. The van der Waals surface area contributed by atoms with Crippen LogP contribution in [-0.4, -0.2) is 59.6 Å². The van der Waals surface area contributed by atoms with E-state index in [1.54, 1.807) is 13.0 Å². The molecule has 8 heteroatoms. The number of rotatable bonds is 5. The second-order valence-corrected chi connectivity index (χ2v) is 7.43. The minimum atomic E-state index is -0.786. The van der Waals surface area contributed by atoms with Crippen LogP contribution in [0.15, 0.2) is 47.1 Å². The molecule has 4 atom stereocenters. The molecule has 0 aromatic carbocycles. The highest BCUT2D eigenvalue weighted by Crippen LogP contribution is 2.36. The Balaban J connectivity index is 2.42. The number of hydrogen-bond donors (Lipinski definition) is 2. The van der Waals surface area contributed by atoms with Crippen LogP contribution in [0.4, 0.5) is 0 Å². The zero-order chi connectivity index (χ0) is 22.4. The van der Waals surface area contributed by atoms with Crippen LogP contribution in [0.2, 0.25) is 0 Å². The second-order valence-electron chi connectivity index (χ2n) is 7.43. The molecule has 8 nitrogen and oxygen atoms in total. The molecule has 0 radical (unpaired) electrons. The summed E-state index contributed by atoms with van der Waals surface area (Å²) in [4.78, 5) is 36.2. The maximum absolute atomic E-state index is 12.5. The molecule has 0 aromatic heterocycles. The molecule has 0 bridgehead atoms. The van der Waals surface area contributed by atoms with Gasteiger partial charge >= 0.3 is 17.9 Å². The van der Waals surface area contributed by atoms with Crippen LogP contribution >= 0.6 is 0 Å². The van der Waals surface area contributed by atoms with E-state index in [-0.39, 0.29) is 11.1 Å². The molecule has 1 aliphatic carbocycles. The lowest BCUT2D eigenvalue weighted by Gasteiger charge is -2.28. The van der Waals surface area contributed by atoms with Crippen LogP contribution < -0.4 is 0 Å². The average Bonchev–Trinajstić information content (AvgIpc) is 2.94. The molecule has 2 aliphatic rings. The van der Waals surface area contributed by atoms with Crippen molar-refractivity contribution in [1.29, 1.82) is 0 Å². The van der Waals surface area contributed by atoms with Crippen molar-refractivity contribution in [2.75, 3.05) is 13.2 Å². The summed E-state index contributed by atoms with van der Waals surface area (Å²) < 4.78 is 16.5. The quantitative estimate of drug-likeness (QED) is 0.297. The Kier molecular flexibility index (Phi) is 8.14. The second kappa shape index (κ2) is 10.4. The Morgan fingerprint density at radius 2 is 2.00 bits per heavy atom. The summed E-state index contributed by atoms with van der Waals surface area (Å²) in [6.07, 6.45) is 3.45. The van der Waals surface area contributed by atoms with Gasteiger partial charge in [0.15, 0.2) is 0 Å². The maximum atomic E-state index is 12.5. The van der Waals surface area contributed by atoms with E-state index in [1.807, 2.05) is 13.0 Å². The van der Waals surface area contributed by atoms with Crippen molar-refractivity contribution in [1.82, 2.24) is 0 Å². The first-order valence-corrected chi connectivity index (χ1v) is 9.70. The number of aliphatic hydroxyl groups is 2. The third kappa shape index (κ3) is 5.67. The van der Waals surface area contributed by atoms with Crippen LogP contribution in [0.1, 0.15) is 33.6 Å². The van der Waals surface area contributed by atoms with Gasteiger partial charge in [0.1, 0.15) is 18.3 Å². The molecular weight excluding hydrogens is 392 g/mol. The standard InChI is InChI=1S/C22H28O8/c1-12-5-6-17(28-15(4)25)13(2)10-19-20(14(3)21(26)29-19)18(9-12)30-22(27)16(11-24)7-8-23/h5,7,10,17-20,23-24H,3,6,8-9,11H2,1-2,4H3/t17?,18?,19-,20-/m0/s1. The van der Waals surface area contributed by atoms with Crippen LogP contribution in [0.5, 0.6) is 0 Å². The van der Waals surface area contributed by atoms with Crippen molar-refractivity contribution < 1.29 is 38.8 Å². The van der Waals surface area contributed by atoms with Gasteiger partial charge in [0.2, 0.25) is 0 Å². The van der Waals surface area contributed by atoms with Gasteiger partial charge in [0.05, 0.1) is 24.7 Å². The molecule has 0 saturated carbocycles. The lowest BCUT2D eigenvalue weighted by atomic mass is 9.85. The lowest BCUT2D eigenvalue weighted by Crippen LogP contribution is -2.34. The summed E-state index contributed by atoms with van der Waals surface area (Å²) in [5, 5.41) is 18.4. The normalized spacial score (nSPS) is 27.4. The molecule has 2 rings (SSSR count). The molecule has 2 unspecified atom stereocenters. The fourth-order valence-corrected chi connectivity index (χ4v) is 3.56. The summed E-state index contributed by atoms with van der Waals surface area (Å²) in [6.45, 7) is 7.76. The highest BCUT2D eigenvalue weighted by atomic mass is 16.6. The zero-order valence-corrected chi connectivity index (χ0v) is 17.4. The first kappa shape index (κ1) is 23.6. The van der Waals surface area contributed by atoms with Gasteiger partial charge in [-0.05, 0) is 31.6 Å². The number of carbonyl (C=O) groups excluding carboxylic acids is 3. The summed E-state index contributed by atoms with van der Waals surface area (Å²) >= 11 is 0. The fourth-order valence-electron chi connectivity index (χ4n) is 3.56. The van der Waals surface area contributed by atoms with E-state index < -0.39 is 55.4 Å². The first-order valence-electron chi connectivity index (χ1n) is 9.70. The number of esters is 3. The molecule has 164 valence electrons. The van der Waals surface area contributed by atoms with Crippen LogP contribution in [0.25, 0.3) is 0 Å². The van der Waals surface area contributed by atoms with Crippen molar-refractivity contribution in [3.8, 4) is 0 Å². The van der Waals surface area contributed by atoms with Crippen molar-refractivity contribution in [3.05, 3.63) is 47.1 Å². The molecule has 1 aliphatic heterocycles. The van der Waals surface area contributed by atoms with Crippen LogP contribution in [0.3, 0.4) is 0 Å².